The van der Waals surface area contributed by atoms with E-state index >= 15 is 0 Å². The molecule has 5 heteroatoms. The smallest absolute Gasteiger partial charge is 0.230 e. The van der Waals surface area contributed by atoms with E-state index in [4.69, 9.17) is 9.47 Å². The van der Waals surface area contributed by atoms with E-state index in [0.717, 1.165) is 28.4 Å². The van der Waals surface area contributed by atoms with Crippen LogP contribution in [-0.2, 0) is 11.2 Å². The molecule has 0 radical (unpaired) electrons. The first-order chi connectivity index (χ1) is 11.7. The Morgan fingerprint density at radius 1 is 1.08 bits per heavy atom. The number of amides is 1. The number of carbonyl (C=O) groups is 1. The predicted octanol–water partition coefficient (Wildman–Crippen LogP) is 3.22. The molecule has 0 bridgehead atoms. The summed E-state index contributed by atoms with van der Waals surface area (Å²) in [4.78, 5) is 13.0. The van der Waals surface area contributed by atoms with Crippen molar-refractivity contribution in [2.75, 3.05) is 25.5 Å². The minimum absolute atomic E-state index is 0.0538. The van der Waals surface area contributed by atoms with Gasteiger partial charge in [0.2, 0.25) is 5.91 Å². The molecule has 0 aliphatic carbocycles. The number of rotatable bonds is 6. The molecule has 0 saturated carbocycles. The van der Waals surface area contributed by atoms with Gasteiger partial charge in [0.05, 0.1) is 5.75 Å². The van der Waals surface area contributed by atoms with E-state index in [0.29, 0.717) is 25.5 Å². The van der Waals surface area contributed by atoms with Gasteiger partial charge in [-0.05, 0) is 43.2 Å². The Morgan fingerprint density at radius 2 is 1.83 bits per heavy atom. The first-order valence-electron chi connectivity index (χ1n) is 8.05. The van der Waals surface area contributed by atoms with Gasteiger partial charge in [0.15, 0.2) is 11.5 Å². The largest absolute Gasteiger partial charge is 0.486 e. The minimum atomic E-state index is 0.0538. The zero-order chi connectivity index (χ0) is 16.8. The number of carbonyl (C=O) groups excluding carboxylic acids is 1. The fourth-order valence-corrected chi connectivity index (χ4v) is 3.15. The lowest BCUT2D eigenvalue weighted by atomic mass is 10.1. The number of aryl methyl sites for hydroxylation is 1. The molecule has 0 spiro atoms. The highest BCUT2D eigenvalue weighted by molar-refractivity contribution is 8.00. The number of hydrogen-bond acceptors (Lipinski definition) is 4. The van der Waals surface area contributed by atoms with Crippen LogP contribution in [-0.4, -0.2) is 31.4 Å². The maximum Gasteiger partial charge on any atom is 0.230 e. The molecule has 126 valence electrons. The molecule has 0 unspecified atom stereocenters. The zero-order valence-electron chi connectivity index (χ0n) is 13.7. The van der Waals surface area contributed by atoms with Crippen molar-refractivity contribution in [2.45, 2.75) is 18.2 Å². The molecule has 2 aromatic carbocycles. The lowest BCUT2D eigenvalue weighted by molar-refractivity contribution is -0.118. The molecule has 0 saturated heterocycles. The van der Waals surface area contributed by atoms with Crippen molar-refractivity contribution in [1.82, 2.24) is 5.32 Å². The number of nitrogens with one attached hydrogen (secondary N) is 1. The van der Waals surface area contributed by atoms with Crippen LogP contribution < -0.4 is 14.8 Å². The third-order valence-electron chi connectivity index (χ3n) is 3.73. The highest BCUT2D eigenvalue weighted by Gasteiger charge is 2.11. The van der Waals surface area contributed by atoms with Crippen molar-refractivity contribution in [1.29, 1.82) is 0 Å². The van der Waals surface area contributed by atoms with Gasteiger partial charge in [-0.15, -0.1) is 11.8 Å². The number of ether oxygens (including phenoxy) is 2. The lowest BCUT2D eigenvalue weighted by Gasteiger charge is -2.18. The maximum absolute atomic E-state index is 11.9. The second kappa shape index (κ2) is 8.11. The first kappa shape index (κ1) is 16.7. The Labute approximate surface area is 146 Å². The molecule has 4 nitrogen and oxygen atoms in total. The van der Waals surface area contributed by atoms with Crippen LogP contribution in [0, 0.1) is 6.92 Å². The van der Waals surface area contributed by atoms with Gasteiger partial charge in [-0.2, -0.15) is 0 Å². The molecule has 0 atom stereocenters. The van der Waals surface area contributed by atoms with Crippen LogP contribution in [0.3, 0.4) is 0 Å². The van der Waals surface area contributed by atoms with Gasteiger partial charge >= 0.3 is 0 Å². The number of hydrogen-bond donors (Lipinski definition) is 1. The van der Waals surface area contributed by atoms with Gasteiger partial charge in [0, 0.05) is 11.4 Å². The molecule has 0 aromatic heterocycles. The number of fused-ring (bicyclic) bond motifs is 1. The van der Waals surface area contributed by atoms with E-state index in [2.05, 4.69) is 24.4 Å². The quantitative estimate of drug-likeness (QED) is 0.818. The summed E-state index contributed by atoms with van der Waals surface area (Å²) in [7, 11) is 0. The summed E-state index contributed by atoms with van der Waals surface area (Å²) < 4.78 is 11.1. The second-order valence-corrected chi connectivity index (χ2v) is 6.73. The van der Waals surface area contributed by atoms with Gasteiger partial charge in [-0.1, -0.05) is 23.8 Å². The van der Waals surface area contributed by atoms with Crippen LogP contribution in [0.4, 0.5) is 0 Å². The second-order valence-electron chi connectivity index (χ2n) is 5.68. The monoisotopic (exact) mass is 343 g/mol. The molecular weight excluding hydrogens is 322 g/mol. The number of thioether (sulfide) groups is 1. The van der Waals surface area contributed by atoms with Crippen LogP contribution in [0.15, 0.2) is 47.4 Å². The topological polar surface area (TPSA) is 47.6 Å². The van der Waals surface area contributed by atoms with E-state index in [1.807, 2.05) is 30.3 Å². The van der Waals surface area contributed by atoms with Crippen molar-refractivity contribution >= 4 is 17.7 Å². The third kappa shape index (κ3) is 4.68. The Morgan fingerprint density at radius 3 is 2.62 bits per heavy atom. The zero-order valence-corrected chi connectivity index (χ0v) is 14.5. The van der Waals surface area contributed by atoms with Gasteiger partial charge in [-0.25, -0.2) is 0 Å². The SMILES string of the molecule is Cc1ccc(SCC(=O)NCCc2ccc3c(c2)OCCO3)cc1. The summed E-state index contributed by atoms with van der Waals surface area (Å²) in [5.74, 6) is 2.08. The summed E-state index contributed by atoms with van der Waals surface area (Å²) >= 11 is 1.55. The normalized spacial score (nSPS) is 12.7. The van der Waals surface area contributed by atoms with Crippen molar-refractivity contribution in [3.05, 3.63) is 53.6 Å². The molecule has 1 aliphatic rings. The molecule has 3 rings (SSSR count). The fraction of sp³-hybridized carbons (Fsp3) is 0.316. The molecule has 1 amide bonds. The number of benzene rings is 2. The van der Waals surface area contributed by atoms with Crippen molar-refractivity contribution in [3.8, 4) is 11.5 Å². The summed E-state index contributed by atoms with van der Waals surface area (Å²) in [6.07, 6.45) is 0.775. The molecule has 2 aromatic rings. The van der Waals surface area contributed by atoms with Crippen molar-refractivity contribution in [3.63, 3.8) is 0 Å². The average molecular weight is 343 g/mol. The molecule has 24 heavy (non-hydrogen) atoms. The summed E-state index contributed by atoms with van der Waals surface area (Å²) in [6, 6.07) is 14.1. The average Bonchev–Trinajstić information content (AvgIpc) is 2.61. The Hall–Kier alpha value is -2.14. The summed E-state index contributed by atoms with van der Waals surface area (Å²) in [5, 5.41) is 2.96. The van der Waals surface area contributed by atoms with Crippen LogP contribution in [0.25, 0.3) is 0 Å². The summed E-state index contributed by atoms with van der Waals surface area (Å²) in [5.41, 5.74) is 2.36. The standard InChI is InChI=1S/C19H21NO3S/c1-14-2-5-16(6-3-14)24-13-19(21)20-9-8-15-4-7-17-18(12-15)23-11-10-22-17/h2-7,12H,8-11,13H2,1H3,(H,20,21). The maximum atomic E-state index is 11.9. The van der Waals surface area contributed by atoms with E-state index < -0.39 is 0 Å². The minimum Gasteiger partial charge on any atom is -0.486 e. The highest BCUT2D eigenvalue weighted by atomic mass is 32.2. The van der Waals surface area contributed by atoms with Crippen molar-refractivity contribution in [2.24, 2.45) is 0 Å². The third-order valence-corrected chi connectivity index (χ3v) is 4.75. The predicted molar refractivity (Wildman–Crippen MR) is 96.0 cm³/mol. The van der Waals surface area contributed by atoms with Gasteiger partial charge in [-0.3, -0.25) is 4.79 Å². The lowest BCUT2D eigenvalue weighted by Crippen LogP contribution is -2.27. The van der Waals surface area contributed by atoms with Gasteiger partial charge < -0.3 is 14.8 Å². The Kier molecular flexibility index (Phi) is 5.64. The van der Waals surface area contributed by atoms with E-state index in [1.54, 1.807) is 11.8 Å². The van der Waals surface area contributed by atoms with Crippen LogP contribution >= 0.6 is 11.8 Å². The van der Waals surface area contributed by atoms with Gasteiger partial charge in [0.1, 0.15) is 13.2 Å². The van der Waals surface area contributed by atoms with Crippen LogP contribution in [0.5, 0.6) is 11.5 Å². The fourth-order valence-electron chi connectivity index (χ4n) is 2.42. The molecular formula is C19H21NO3S. The van der Waals surface area contributed by atoms with E-state index in [9.17, 15) is 4.79 Å². The highest BCUT2D eigenvalue weighted by Crippen LogP contribution is 2.30. The first-order valence-corrected chi connectivity index (χ1v) is 9.04. The molecule has 1 N–H and O–H groups in total. The molecule has 1 aliphatic heterocycles. The van der Waals surface area contributed by atoms with Crippen LogP contribution in [0.1, 0.15) is 11.1 Å². The van der Waals surface area contributed by atoms with Crippen molar-refractivity contribution < 1.29 is 14.3 Å². The van der Waals surface area contributed by atoms with Gasteiger partial charge in [0.25, 0.3) is 0 Å². The van der Waals surface area contributed by atoms with Crippen LogP contribution in [0.2, 0.25) is 0 Å². The molecule has 0 fully saturated rings. The summed E-state index contributed by atoms with van der Waals surface area (Å²) in [6.45, 7) is 3.86. The Balaban J connectivity index is 1.41. The van der Waals surface area contributed by atoms with E-state index in [1.165, 1.54) is 5.56 Å². The Bertz CT molecular complexity index is 700. The van der Waals surface area contributed by atoms with E-state index in [-0.39, 0.29) is 5.91 Å². The molecule has 1 heterocycles.